The number of halogens is 4. The topological polar surface area (TPSA) is 38.7 Å². The first-order valence-electron chi connectivity index (χ1n) is 4.51. The molecule has 0 aliphatic heterocycles. The minimum absolute atomic E-state index is 0.00125. The zero-order valence-electron chi connectivity index (χ0n) is 8.24. The molecule has 1 heterocycles. The Morgan fingerprint density at radius 3 is 2.12 bits per heavy atom. The van der Waals surface area contributed by atoms with Gasteiger partial charge in [-0.2, -0.15) is 9.97 Å². The molecule has 0 fully saturated rings. The Hall–Kier alpha value is -0.610. The predicted octanol–water partition coefficient (Wildman–Crippen LogP) is 4.02. The summed E-state index contributed by atoms with van der Waals surface area (Å²) in [7, 11) is 0. The van der Waals surface area contributed by atoms with E-state index in [4.69, 9.17) is 46.4 Å². The van der Waals surface area contributed by atoms with Crippen molar-refractivity contribution in [1.82, 2.24) is 15.0 Å². The fourth-order valence-electron chi connectivity index (χ4n) is 1.19. The molecular weight excluding hydrogens is 304 g/mol. The standard InChI is InChI=1S/C10H5Cl4N3/c11-9-16-7(6-4-2-1-3-5-6)15-8(17-9)10(12,13)14/h1-5H. The van der Waals surface area contributed by atoms with Crippen molar-refractivity contribution < 1.29 is 0 Å². The van der Waals surface area contributed by atoms with Gasteiger partial charge in [0.15, 0.2) is 11.6 Å². The first-order valence-corrected chi connectivity index (χ1v) is 6.02. The van der Waals surface area contributed by atoms with Gasteiger partial charge in [-0.05, 0) is 11.6 Å². The van der Waals surface area contributed by atoms with E-state index in [-0.39, 0.29) is 11.1 Å². The lowest BCUT2D eigenvalue weighted by atomic mass is 10.2. The van der Waals surface area contributed by atoms with E-state index in [1.807, 2.05) is 30.3 Å². The van der Waals surface area contributed by atoms with Crippen LogP contribution in [0.2, 0.25) is 5.28 Å². The zero-order valence-corrected chi connectivity index (χ0v) is 11.3. The van der Waals surface area contributed by atoms with E-state index >= 15 is 0 Å². The summed E-state index contributed by atoms with van der Waals surface area (Å²) in [4.78, 5) is 11.8. The van der Waals surface area contributed by atoms with Gasteiger partial charge in [-0.3, -0.25) is 0 Å². The summed E-state index contributed by atoms with van der Waals surface area (Å²) in [6.45, 7) is 0. The number of benzene rings is 1. The van der Waals surface area contributed by atoms with Crippen molar-refractivity contribution in [1.29, 1.82) is 0 Å². The predicted molar refractivity (Wildman–Crippen MR) is 69.5 cm³/mol. The van der Waals surface area contributed by atoms with Crippen LogP contribution in [-0.2, 0) is 3.79 Å². The highest BCUT2D eigenvalue weighted by Gasteiger charge is 2.28. The van der Waals surface area contributed by atoms with Crippen LogP contribution in [0.4, 0.5) is 0 Å². The van der Waals surface area contributed by atoms with E-state index < -0.39 is 3.79 Å². The number of alkyl halides is 3. The molecule has 3 nitrogen and oxygen atoms in total. The molecule has 1 aromatic carbocycles. The first kappa shape index (κ1) is 12.8. The highest BCUT2D eigenvalue weighted by molar-refractivity contribution is 6.66. The molecule has 0 saturated heterocycles. The molecule has 0 unspecified atom stereocenters. The fraction of sp³-hybridized carbons (Fsp3) is 0.100. The van der Waals surface area contributed by atoms with Crippen LogP contribution in [0.1, 0.15) is 5.82 Å². The Morgan fingerprint density at radius 1 is 0.882 bits per heavy atom. The van der Waals surface area contributed by atoms with Gasteiger partial charge >= 0.3 is 0 Å². The molecule has 1 aromatic heterocycles. The minimum Gasteiger partial charge on any atom is -0.208 e. The third kappa shape index (κ3) is 3.19. The number of hydrogen-bond acceptors (Lipinski definition) is 3. The molecule has 7 heteroatoms. The molecule has 0 atom stereocenters. The van der Waals surface area contributed by atoms with Gasteiger partial charge in [-0.1, -0.05) is 65.1 Å². The normalized spacial score (nSPS) is 11.5. The average molecular weight is 309 g/mol. The van der Waals surface area contributed by atoms with Crippen molar-refractivity contribution in [2.45, 2.75) is 3.79 Å². The van der Waals surface area contributed by atoms with Crippen molar-refractivity contribution in [2.75, 3.05) is 0 Å². The number of rotatable bonds is 1. The molecule has 2 rings (SSSR count). The highest BCUT2D eigenvalue weighted by atomic mass is 35.6. The minimum atomic E-state index is -1.73. The van der Waals surface area contributed by atoms with Gasteiger partial charge in [0.1, 0.15) is 0 Å². The van der Waals surface area contributed by atoms with Gasteiger partial charge in [-0.15, -0.1) is 0 Å². The van der Waals surface area contributed by atoms with E-state index in [0.29, 0.717) is 5.82 Å². The largest absolute Gasteiger partial charge is 0.250 e. The summed E-state index contributed by atoms with van der Waals surface area (Å²) < 4.78 is -1.73. The average Bonchev–Trinajstić information content (AvgIpc) is 2.28. The van der Waals surface area contributed by atoms with Gasteiger partial charge in [0.25, 0.3) is 0 Å². The van der Waals surface area contributed by atoms with Gasteiger partial charge in [0.05, 0.1) is 0 Å². The maximum Gasteiger partial charge on any atom is 0.250 e. The van der Waals surface area contributed by atoms with Crippen LogP contribution in [0.15, 0.2) is 30.3 Å². The summed E-state index contributed by atoms with van der Waals surface area (Å²) in [5, 5.41) is -0.0137. The van der Waals surface area contributed by atoms with Crippen LogP contribution in [-0.4, -0.2) is 15.0 Å². The molecular formula is C10H5Cl4N3. The monoisotopic (exact) mass is 307 g/mol. The Bertz CT molecular complexity index is 525. The second-order valence-electron chi connectivity index (χ2n) is 3.12. The van der Waals surface area contributed by atoms with Crippen LogP contribution in [0.25, 0.3) is 11.4 Å². The Labute approximate surface area is 118 Å². The molecule has 0 amide bonds. The van der Waals surface area contributed by atoms with E-state index in [1.165, 1.54) is 0 Å². The molecule has 17 heavy (non-hydrogen) atoms. The summed E-state index contributed by atoms with van der Waals surface area (Å²) in [5.74, 6) is 0.369. The van der Waals surface area contributed by atoms with Gasteiger partial charge in [-0.25, -0.2) is 4.98 Å². The fourth-order valence-corrected chi connectivity index (χ4v) is 1.61. The lowest BCUT2D eigenvalue weighted by Gasteiger charge is -2.10. The number of nitrogens with zero attached hydrogens (tertiary/aromatic N) is 3. The van der Waals surface area contributed by atoms with E-state index in [1.54, 1.807) is 0 Å². The first-order chi connectivity index (χ1) is 7.97. The van der Waals surface area contributed by atoms with Crippen LogP contribution in [0.3, 0.4) is 0 Å². The number of aromatic nitrogens is 3. The lowest BCUT2D eigenvalue weighted by Crippen LogP contribution is -2.09. The van der Waals surface area contributed by atoms with Crippen molar-refractivity contribution >= 4 is 46.4 Å². The second-order valence-corrected chi connectivity index (χ2v) is 5.73. The maximum absolute atomic E-state index is 5.77. The van der Waals surface area contributed by atoms with Crippen molar-refractivity contribution in [3.8, 4) is 11.4 Å². The van der Waals surface area contributed by atoms with Crippen LogP contribution >= 0.6 is 46.4 Å². The molecule has 0 radical (unpaired) electrons. The van der Waals surface area contributed by atoms with Crippen LogP contribution in [0, 0.1) is 0 Å². The summed E-state index contributed by atoms with van der Waals surface area (Å²) in [5.41, 5.74) is 0.771. The lowest BCUT2D eigenvalue weighted by molar-refractivity contribution is 0.925. The smallest absolute Gasteiger partial charge is 0.208 e. The molecule has 0 N–H and O–H groups in total. The molecule has 0 saturated carbocycles. The second kappa shape index (κ2) is 4.94. The van der Waals surface area contributed by atoms with E-state index in [2.05, 4.69) is 15.0 Å². The number of hydrogen-bond donors (Lipinski definition) is 0. The Morgan fingerprint density at radius 2 is 1.53 bits per heavy atom. The summed E-state index contributed by atoms with van der Waals surface area (Å²) in [6.07, 6.45) is 0. The Kier molecular flexibility index (Phi) is 3.73. The van der Waals surface area contributed by atoms with Gasteiger partial charge < -0.3 is 0 Å². The highest BCUT2D eigenvalue weighted by Crippen LogP contribution is 2.36. The molecule has 0 spiro atoms. The summed E-state index contributed by atoms with van der Waals surface area (Å²) >= 11 is 22.9. The molecule has 0 bridgehead atoms. The quantitative estimate of drug-likeness (QED) is 0.747. The molecule has 88 valence electrons. The van der Waals surface area contributed by atoms with Crippen LogP contribution < -0.4 is 0 Å². The zero-order chi connectivity index (χ0) is 12.5. The van der Waals surface area contributed by atoms with E-state index in [0.717, 1.165) is 5.56 Å². The third-order valence-electron chi connectivity index (χ3n) is 1.89. The Balaban J connectivity index is 2.54. The molecule has 0 aliphatic rings. The third-order valence-corrected chi connectivity index (χ3v) is 2.57. The van der Waals surface area contributed by atoms with Crippen molar-refractivity contribution in [2.24, 2.45) is 0 Å². The maximum atomic E-state index is 5.77. The molecule has 2 aromatic rings. The van der Waals surface area contributed by atoms with Gasteiger partial charge in [0, 0.05) is 5.56 Å². The summed E-state index contributed by atoms with van der Waals surface area (Å²) in [6, 6.07) is 9.23. The van der Waals surface area contributed by atoms with Crippen molar-refractivity contribution in [3.63, 3.8) is 0 Å². The SMILES string of the molecule is Clc1nc(-c2ccccc2)nc(C(Cl)(Cl)Cl)n1. The van der Waals surface area contributed by atoms with Gasteiger partial charge in [0.2, 0.25) is 9.08 Å². The van der Waals surface area contributed by atoms with E-state index in [9.17, 15) is 0 Å². The van der Waals surface area contributed by atoms with Crippen molar-refractivity contribution in [3.05, 3.63) is 41.4 Å². The van der Waals surface area contributed by atoms with Crippen LogP contribution in [0.5, 0.6) is 0 Å². The molecule has 0 aliphatic carbocycles.